The fourth-order valence-corrected chi connectivity index (χ4v) is 3.22. The Kier molecular flexibility index (Phi) is 3.98. The molecule has 4 aromatic rings. The van der Waals surface area contributed by atoms with Crippen molar-refractivity contribution < 1.29 is 9.47 Å². The average Bonchev–Trinajstić information content (AvgIpc) is 3.16. The van der Waals surface area contributed by atoms with Crippen LogP contribution in [-0.4, -0.2) is 29.4 Å². The minimum atomic E-state index is 0.575. The van der Waals surface area contributed by atoms with Crippen LogP contribution in [0.3, 0.4) is 0 Å². The van der Waals surface area contributed by atoms with Gasteiger partial charge in [-0.3, -0.25) is 10.1 Å². The number of ether oxygens (including phenoxy) is 2. The SMILES string of the molecule is C=Cc1cc(-c2n[nH]c3cnc4cc(OC)c(OC)cc4c23)ccc1C#N. The molecule has 0 amide bonds. The Bertz CT molecular complexity index is 1230. The summed E-state index contributed by atoms with van der Waals surface area (Å²) in [7, 11) is 3.20. The van der Waals surface area contributed by atoms with Gasteiger partial charge in [-0.15, -0.1) is 0 Å². The van der Waals surface area contributed by atoms with E-state index in [0.29, 0.717) is 17.1 Å². The summed E-state index contributed by atoms with van der Waals surface area (Å²) in [6.07, 6.45) is 3.42. The predicted molar refractivity (Wildman–Crippen MR) is 105 cm³/mol. The lowest BCUT2D eigenvalue weighted by Crippen LogP contribution is -1.92. The van der Waals surface area contributed by atoms with Gasteiger partial charge in [0.1, 0.15) is 5.69 Å². The maximum absolute atomic E-state index is 9.24. The van der Waals surface area contributed by atoms with E-state index in [4.69, 9.17) is 9.47 Å². The van der Waals surface area contributed by atoms with Gasteiger partial charge in [0.05, 0.1) is 43.1 Å². The van der Waals surface area contributed by atoms with Gasteiger partial charge >= 0.3 is 0 Å². The van der Waals surface area contributed by atoms with Crippen molar-refractivity contribution in [2.45, 2.75) is 0 Å². The van der Waals surface area contributed by atoms with Gasteiger partial charge in [0, 0.05) is 22.4 Å². The van der Waals surface area contributed by atoms with Crippen molar-refractivity contribution >= 4 is 27.9 Å². The number of nitrogens with zero attached hydrogens (tertiary/aromatic N) is 3. The van der Waals surface area contributed by atoms with Crippen LogP contribution >= 0.6 is 0 Å². The van der Waals surface area contributed by atoms with Crippen molar-refractivity contribution in [2.75, 3.05) is 14.2 Å². The number of hydrogen-bond acceptors (Lipinski definition) is 5. The van der Waals surface area contributed by atoms with Crippen LogP contribution in [0.15, 0.2) is 43.1 Å². The van der Waals surface area contributed by atoms with Gasteiger partial charge < -0.3 is 9.47 Å². The van der Waals surface area contributed by atoms with Crippen LogP contribution in [0.4, 0.5) is 0 Å². The molecule has 0 unspecified atom stereocenters. The highest BCUT2D eigenvalue weighted by atomic mass is 16.5. The van der Waals surface area contributed by atoms with E-state index < -0.39 is 0 Å². The van der Waals surface area contributed by atoms with E-state index >= 15 is 0 Å². The molecule has 6 nitrogen and oxygen atoms in total. The summed E-state index contributed by atoms with van der Waals surface area (Å²) in [6.45, 7) is 3.80. The summed E-state index contributed by atoms with van der Waals surface area (Å²) < 4.78 is 10.8. The molecular weight excluding hydrogens is 340 g/mol. The molecule has 2 aromatic heterocycles. The summed E-state index contributed by atoms with van der Waals surface area (Å²) >= 11 is 0. The van der Waals surface area contributed by atoms with Crippen molar-refractivity contribution in [1.29, 1.82) is 5.26 Å². The summed E-state index contributed by atoms with van der Waals surface area (Å²) in [5.74, 6) is 1.24. The Morgan fingerprint density at radius 1 is 1.15 bits per heavy atom. The summed E-state index contributed by atoms with van der Waals surface area (Å²) in [6, 6.07) is 11.5. The van der Waals surface area contributed by atoms with E-state index in [0.717, 1.165) is 38.6 Å². The first kappa shape index (κ1) is 16.6. The molecule has 2 aromatic carbocycles. The van der Waals surface area contributed by atoms with E-state index in [1.165, 1.54) is 0 Å². The molecule has 27 heavy (non-hydrogen) atoms. The number of hydrogen-bond donors (Lipinski definition) is 1. The Morgan fingerprint density at radius 3 is 2.63 bits per heavy atom. The average molecular weight is 356 g/mol. The maximum Gasteiger partial charge on any atom is 0.162 e. The molecule has 0 bridgehead atoms. The lowest BCUT2D eigenvalue weighted by atomic mass is 9.99. The molecule has 0 radical (unpaired) electrons. The number of methoxy groups -OCH3 is 2. The highest BCUT2D eigenvalue weighted by molar-refractivity contribution is 6.11. The van der Waals surface area contributed by atoms with E-state index in [-0.39, 0.29) is 0 Å². The number of aromatic nitrogens is 3. The van der Waals surface area contributed by atoms with Crippen LogP contribution in [0.5, 0.6) is 11.5 Å². The molecule has 0 aliphatic heterocycles. The first-order chi connectivity index (χ1) is 13.2. The van der Waals surface area contributed by atoms with Crippen molar-refractivity contribution in [3.63, 3.8) is 0 Å². The third kappa shape index (κ3) is 2.57. The van der Waals surface area contributed by atoms with E-state index in [1.54, 1.807) is 32.6 Å². The molecule has 1 N–H and O–H groups in total. The second-order valence-corrected chi connectivity index (χ2v) is 5.96. The molecule has 0 saturated carbocycles. The number of rotatable bonds is 4. The Labute approximate surface area is 155 Å². The third-order valence-electron chi connectivity index (χ3n) is 4.56. The maximum atomic E-state index is 9.24. The summed E-state index contributed by atoms with van der Waals surface area (Å²) in [4.78, 5) is 4.50. The molecule has 132 valence electrons. The largest absolute Gasteiger partial charge is 0.493 e. The lowest BCUT2D eigenvalue weighted by molar-refractivity contribution is 0.356. The number of nitriles is 1. The van der Waals surface area contributed by atoms with Crippen molar-refractivity contribution in [3.05, 3.63) is 54.2 Å². The predicted octanol–water partition coefficient (Wildman–Crippen LogP) is 4.31. The van der Waals surface area contributed by atoms with Gasteiger partial charge in [0.15, 0.2) is 11.5 Å². The zero-order chi connectivity index (χ0) is 19.0. The molecule has 0 aliphatic rings. The van der Waals surface area contributed by atoms with Crippen LogP contribution in [0.1, 0.15) is 11.1 Å². The van der Waals surface area contributed by atoms with Crippen LogP contribution in [0.2, 0.25) is 0 Å². The van der Waals surface area contributed by atoms with Crippen molar-refractivity contribution in [3.8, 4) is 28.8 Å². The van der Waals surface area contributed by atoms with Crippen LogP contribution in [0.25, 0.3) is 39.1 Å². The van der Waals surface area contributed by atoms with Crippen LogP contribution < -0.4 is 9.47 Å². The molecule has 0 aliphatic carbocycles. The first-order valence-electron chi connectivity index (χ1n) is 8.26. The quantitative estimate of drug-likeness (QED) is 0.589. The molecule has 0 atom stereocenters. The molecule has 0 saturated heterocycles. The molecular formula is C21H16N4O2. The van der Waals surface area contributed by atoms with Gasteiger partial charge in [0.25, 0.3) is 0 Å². The number of fused-ring (bicyclic) bond motifs is 3. The number of pyridine rings is 1. The number of nitrogens with one attached hydrogen (secondary N) is 1. The van der Waals surface area contributed by atoms with Gasteiger partial charge in [-0.1, -0.05) is 18.7 Å². The third-order valence-corrected chi connectivity index (χ3v) is 4.56. The Balaban J connectivity index is 2.04. The number of benzene rings is 2. The second-order valence-electron chi connectivity index (χ2n) is 5.96. The summed E-state index contributed by atoms with van der Waals surface area (Å²) in [5, 5.41) is 18.6. The molecule has 6 heteroatoms. The zero-order valence-electron chi connectivity index (χ0n) is 14.9. The highest BCUT2D eigenvalue weighted by Gasteiger charge is 2.16. The summed E-state index contributed by atoms with van der Waals surface area (Å²) in [5.41, 5.74) is 4.60. The standard InChI is InChI=1S/C21H16N4O2/c1-4-12-7-13(5-6-14(12)10-22)21-20-15-8-18(26-2)19(27-3)9-16(15)23-11-17(20)24-25-21/h4-9,11H,1H2,2-3H3,(H,24,25). The van der Waals surface area contributed by atoms with Gasteiger partial charge in [-0.2, -0.15) is 10.4 Å². The van der Waals surface area contributed by atoms with Crippen molar-refractivity contribution in [1.82, 2.24) is 15.2 Å². The zero-order valence-corrected chi connectivity index (χ0v) is 14.9. The Morgan fingerprint density at radius 2 is 1.93 bits per heavy atom. The topological polar surface area (TPSA) is 83.8 Å². The van der Waals surface area contributed by atoms with Crippen LogP contribution in [0, 0.1) is 11.3 Å². The van der Waals surface area contributed by atoms with Crippen molar-refractivity contribution in [2.24, 2.45) is 0 Å². The van der Waals surface area contributed by atoms with E-state index in [2.05, 4.69) is 27.8 Å². The van der Waals surface area contributed by atoms with Gasteiger partial charge in [-0.05, 0) is 23.8 Å². The monoisotopic (exact) mass is 356 g/mol. The first-order valence-corrected chi connectivity index (χ1v) is 8.26. The van der Waals surface area contributed by atoms with Gasteiger partial charge in [0.2, 0.25) is 0 Å². The minimum Gasteiger partial charge on any atom is -0.493 e. The molecule has 2 heterocycles. The molecule has 4 rings (SSSR count). The minimum absolute atomic E-state index is 0.575. The fourth-order valence-electron chi connectivity index (χ4n) is 3.22. The smallest absolute Gasteiger partial charge is 0.162 e. The number of H-pyrrole nitrogens is 1. The lowest BCUT2D eigenvalue weighted by Gasteiger charge is -2.10. The van der Waals surface area contributed by atoms with E-state index in [9.17, 15) is 5.26 Å². The highest BCUT2D eigenvalue weighted by Crippen LogP contribution is 2.37. The second kappa shape index (κ2) is 6.46. The normalized spacial score (nSPS) is 10.7. The van der Waals surface area contributed by atoms with Gasteiger partial charge in [-0.25, -0.2) is 0 Å². The Hall–Kier alpha value is -3.85. The number of aromatic amines is 1. The van der Waals surface area contributed by atoms with Crippen LogP contribution in [-0.2, 0) is 0 Å². The molecule has 0 spiro atoms. The van der Waals surface area contributed by atoms with E-state index in [1.807, 2.05) is 24.3 Å². The fraction of sp³-hybridized carbons (Fsp3) is 0.0952. The molecule has 0 fully saturated rings.